The summed E-state index contributed by atoms with van der Waals surface area (Å²) in [5.74, 6) is -0.346. The first-order valence-corrected chi connectivity index (χ1v) is 6.76. The predicted molar refractivity (Wildman–Crippen MR) is 63.2 cm³/mol. The summed E-state index contributed by atoms with van der Waals surface area (Å²) in [7, 11) is -5.65. The maximum atomic E-state index is 12.3. The molecule has 0 aliphatic heterocycles. The van der Waals surface area contributed by atoms with E-state index in [-0.39, 0.29) is 12.4 Å². The number of benzene rings is 1. The summed E-state index contributed by atoms with van der Waals surface area (Å²) in [6.45, 7) is 1.97. The van der Waals surface area contributed by atoms with Crippen LogP contribution in [0.4, 0.5) is 13.2 Å². The summed E-state index contributed by atoms with van der Waals surface area (Å²) in [6.07, 6.45) is 0. The monoisotopic (exact) mass is 293 g/mol. The van der Waals surface area contributed by atoms with Crippen molar-refractivity contribution < 1.29 is 25.8 Å². The second-order valence-corrected chi connectivity index (χ2v) is 5.31. The third-order valence-electron chi connectivity index (χ3n) is 2.57. The molecule has 0 spiro atoms. The smallest absolute Gasteiger partial charge is 0.357 e. The number of fused-ring (bicyclic) bond motifs is 1. The SMILES string of the molecule is CCn1c(OS(=O)(=O)C(F)(F)F)cc2ccccc21. The maximum absolute atomic E-state index is 12.3. The normalized spacial score (nSPS) is 12.8. The highest BCUT2D eigenvalue weighted by Crippen LogP contribution is 2.31. The Labute approximate surface area is 107 Å². The van der Waals surface area contributed by atoms with Crippen LogP contribution in [0.1, 0.15) is 6.92 Å². The molecule has 1 aromatic heterocycles. The van der Waals surface area contributed by atoms with Gasteiger partial charge in [-0.3, -0.25) is 0 Å². The van der Waals surface area contributed by atoms with Crippen molar-refractivity contribution in [3.63, 3.8) is 0 Å². The molecule has 1 aromatic carbocycles. The van der Waals surface area contributed by atoms with Crippen LogP contribution < -0.4 is 4.18 Å². The lowest BCUT2D eigenvalue weighted by atomic mass is 10.2. The highest BCUT2D eigenvalue weighted by molar-refractivity contribution is 7.87. The molecule has 0 amide bonds. The van der Waals surface area contributed by atoms with E-state index < -0.39 is 15.6 Å². The molecule has 1 heterocycles. The average molecular weight is 293 g/mol. The number of halogens is 3. The minimum absolute atomic E-state index is 0.288. The highest BCUT2D eigenvalue weighted by Gasteiger charge is 2.49. The fourth-order valence-corrected chi connectivity index (χ4v) is 2.20. The molecular formula is C11H10F3NO3S. The van der Waals surface area contributed by atoms with Crippen LogP contribution in [0.5, 0.6) is 5.88 Å². The number of rotatable bonds is 3. The minimum Gasteiger partial charge on any atom is -0.357 e. The molecule has 0 radical (unpaired) electrons. The first kappa shape index (κ1) is 13.7. The molecule has 0 saturated heterocycles. The Morgan fingerprint density at radius 3 is 2.47 bits per heavy atom. The molecule has 0 N–H and O–H groups in total. The summed E-state index contributed by atoms with van der Waals surface area (Å²) in [6, 6.07) is 8.00. The van der Waals surface area contributed by atoms with Gasteiger partial charge in [-0.05, 0) is 13.0 Å². The molecule has 0 aliphatic rings. The van der Waals surface area contributed by atoms with Crippen molar-refractivity contribution in [1.82, 2.24) is 4.57 Å². The summed E-state index contributed by atoms with van der Waals surface area (Å²) in [5, 5.41) is 0.608. The van der Waals surface area contributed by atoms with Crippen LogP contribution in [0.25, 0.3) is 10.9 Å². The highest BCUT2D eigenvalue weighted by atomic mass is 32.2. The minimum atomic E-state index is -5.65. The van der Waals surface area contributed by atoms with Gasteiger partial charge in [0.05, 0.1) is 5.52 Å². The van der Waals surface area contributed by atoms with Crippen molar-refractivity contribution in [3.05, 3.63) is 30.3 Å². The van der Waals surface area contributed by atoms with Gasteiger partial charge < -0.3 is 8.75 Å². The Morgan fingerprint density at radius 1 is 1.26 bits per heavy atom. The number of alkyl halides is 3. The van der Waals surface area contributed by atoms with Gasteiger partial charge in [-0.15, -0.1) is 0 Å². The predicted octanol–water partition coefficient (Wildman–Crippen LogP) is 2.89. The Morgan fingerprint density at radius 2 is 1.89 bits per heavy atom. The summed E-state index contributed by atoms with van der Waals surface area (Å²) in [5.41, 5.74) is -4.83. The second-order valence-electron chi connectivity index (χ2n) is 3.77. The van der Waals surface area contributed by atoms with Crippen LogP contribution in [-0.2, 0) is 16.7 Å². The molecule has 2 aromatic rings. The zero-order chi connectivity index (χ0) is 14.3. The third-order valence-corrected chi connectivity index (χ3v) is 3.52. The average Bonchev–Trinajstić information content (AvgIpc) is 2.63. The molecular weight excluding hydrogens is 283 g/mol. The molecule has 4 nitrogen and oxygen atoms in total. The van der Waals surface area contributed by atoms with Crippen LogP contribution in [0.15, 0.2) is 30.3 Å². The molecule has 104 valence electrons. The zero-order valence-electron chi connectivity index (χ0n) is 9.81. The van der Waals surface area contributed by atoms with Gasteiger partial charge in [0, 0.05) is 18.0 Å². The summed E-state index contributed by atoms with van der Waals surface area (Å²) in [4.78, 5) is 0. The number of nitrogens with zero attached hydrogens (tertiary/aromatic N) is 1. The van der Waals surface area contributed by atoms with Crippen molar-refractivity contribution in [2.24, 2.45) is 0 Å². The Hall–Kier alpha value is -1.70. The van der Waals surface area contributed by atoms with Crippen molar-refractivity contribution >= 4 is 21.0 Å². The fraction of sp³-hybridized carbons (Fsp3) is 0.273. The van der Waals surface area contributed by atoms with E-state index in [0.29, 0.717) is 10.9 Å². The Kier molecular flexibility index (Phi) is 3.21. The van der Waals surface area contributed by atoms with Gasteiger partial charge in [0.15, 0.2) is 0 Å². The zero-order valence-corrected chi connectivity index (χ0v) is 10.6. The van der Waals surface area contributed by atoms with Gasteiger partial charge >= 0.3 is 15.6 Å². The molecule has 8 heteroatoms. The molecule has 0 unspecified atom stereocenters. The van der Waals surface area contributed by atoms with Crippen molar-refractivity contribution in [2.75, 3.05) is 0 Å². The Balaban J connectivity index is 2.53. The standard InChI is InChI=1S/C11H10F3NO3S/c1-2-15-9-6-4-3-5-8(9)7-10(15)18-19(16,17)11(12,13)14/h3-7H,2H2,1H3. The lowest BCUT2D eigenvalue weighted by Gasteiger charge is -2.11. The molecule has 0 fully saturated rings. The van der Waals surface area contributed by atoms with Crippen LogP contribution in [0.3, 0.4) is 0 Å². The lowest BCUT2D eigenvalue weighted by molar-refractivity contribution is -0.0502. The summed E-state index contributed by atoms with van der Waals surface area (Å²) >= 11 is 0. The van der Waals surface area contributed by atoms with Crippen LogP contribution in [0, 0.1) is 0 Å². The number of para-hydroxylation sites is 1. The largest absolute Gasteiger partial charge is 0.534 e. The van der Waals surface area contributed by atoms with Gasteiger partial charge in [-0.25, -0.2) is 0 Å². The van der Waals surface area contributed by atoms with Crippen LogP contribution in [0.2, 0.25) is 0 Å². The van der Waals surface area contributed by atoms with Crippen molar-refractivity contribution in [3.8, 4) is 5.88 Å². The van der Waals surface area contributed by atoms with Gasteiger partial charge in [0.1, 0.15) is 0 Å². The molecule has 0 aliphatic carbocycles. The number of aromatic nitrogens is 1. The second kappa shape index (κ2) is 4.44. The van der Waals surface area contributed by atoms with E-state index in [9.17, 15) is 21.6 Å². The van der Waals surface area contributed by atoms with E-state index in [1.807, 2.05) is 0 Å². The van der Waals surface area contributed by atoms with Crippen LogP contribution >= 0.6 is 0 Å². The molecule has 0 bridgehead atoms. The Bertz CT molecular complexity index is 704. The molecule has 2 rings (SSSR count). The van der Waals surface area contributed by atoms with E-state index in [1.165, 1.54) is 10.6 Å². The first-order valence-electron chi connectivity index (χ1n) is 5.35. The van der Waals surface area contributed by atoms with Gasteiger partial charge in [-0.1, -0.05) is 18.2 Å². The van der Waals surface area contributed by atoms with Crippen molar-refractivity contribution in [1.29, 1.82) is 0 Å². The van der Waals surface area contributed by atoms with Crippen molar-refractivity contribution in [2.45, 2.75) is 19.0 Å². The van der Waals surface area contributed by atoms with Gasteiger partial charge in [0.2, 0.25) is 5.88 Å². The lowest BCUT2D eigenvalue weighted by Crippen LogP contribution is -2.28. The van der Waals surface area contributed by atoms with E-state index in [0.717, 1.165) is 0 Å². The maximum Gasteiger partial charge on any atom is 0.534 e. The van der Waals surface area contributed by atoms with Gasteiger partial charge in [-0.2, -0.15) is 21.6 Å². The van der Waals surface area contributed by atoms with E-state index in [1.54, 1.807) is 31.2 Å². The van der Waals surface area contributed by atoms with Crippen LogP contribution in [-0.4, -0.2) is 18.5 Å². The van der Waals surface area contributed by atoms with E-state index in [4.69, 9.17) is 0 Å². The topological polar surface area (TPSA) is 48.3 Å². The summed E-state index contributed by atoms with van der Waals surface area (Å²) < 4.78 is 64.4. The van der Waals surface area contributed by atoms with E-state index >= 15 is 0 Å². The molecule has 0 saturated carbocycles. The fourth-order valence-electron chi connectivity index (χ4n) is 1.74. The molecule has 0 atom stereocenters. The first-order chi connectivity index (χ1) is 8.76. The number of aryl methyl sites for hydroxylation is 1. The number of hydrogen-bond acceptors (Lipinski definition) is 3. The quantitative estimate of drug-likeness (QED) is 0.646. The molecule has 19 heavy (non-hydrogen) atoms. The number of hydrogen-bond donors (Lipinski definition) is 0. The van der Waals surface area contributed by atoms with E-state index in [2.05, 4.69) is 4.18 Å². The third kappa shape index (κ3) is 2.40. The van der Waals surface area contributed by atoms with Gasteiger partial charge in [0.25, 0.3) is 0 Å².